The fourth-order valence-corrected chi connectivity index (χ4v) is 2.59. The number of hydrogen-bond acceptors (Lipinski definition) is 6. The zero-order valence-corrected chi connectivity index (χ0v) is 14.6. The van der Waals surface area contributed by atoms with E-state index in [1.54, 1.807) is 0 Å². The molecule has 1 N–H and O–H groups in total. The number of halogens is 2. The maximum atomic E-state index is 12.9. The van der Waals surface area contributed by atoms with Gasteiger partial charge in [-0.2, -0.15) is 5.10 Å². The van der Waals surface area contributed by atoms with E-state index in [1.807, 2.05) is 30.3 Å². The fourth-order valence-electron chi connectivity index (χ4n) is 2.59. The molecule has 0 radical (unpaired) electrons. The van der Waals surface area contributed by atoms with Crippen molar-refractivity contribution in [2.75, 3.05) is 5.32 Å². The Morgan fingerprint density at radius 1 is 1.29 bits per heavy atom. The molecule has 3 aromatic rings. The number of benzene rings is 1. The second-order valence-corrected chi connectivity index (χ2v) is 5.83. The van der Waals surface area contributed by atoms with Crippen molar-refractivity contribution in [1.82, 2.24) is 24.5 Å². The Balaban J connectivity index is 1.68. The van der Waals surface area contributed by atoms with E-state index in [1.165, 1.54) is 17.9 Å². The van der Waals surface area contributed by atoms with Gasteiger partial charge < -0.3 is 0 Å². The first-order valence-corrected chi connectivity index (χ1v) is 8.08. The lowest BCUT2D eigenvalue weighted by Gasteiger charge is -2.03. The van der Waals surface area contributed by atoms with Crippen LogP contribution >= 0.6 is 0 Å². The summed E-state index contributed by atoms with van der Waals surface area (Å²) < 4.78 is 28.3. The van der Waals surface area contributed by atoms with Crippen molar-refractivity contribution < 1.29 is 18.5 Å². The van der Waals surface area contributed by atoms with Gasteiger partial charge in [0.05, 0.1) is 11.5 Å². The van der Waals surface area contributed by atoms with Crippen LogP contribution in [0, 0.1) is 17.0 Å². The normalized spacial score (nSPS) is 11.0. The number of carbonyl (C=O) groups is 1. The molecule has 0 aliphatic rings. The number of nitrogens with zero attached hydrogens (tertiary/aromatic N) is 6. The highest BCUT2D eigenvalue weighted by Gasteiger charge is 2.31. The zero-order valence-electron chi connectivity index (χ0n) is 14.6. The molecule has 0 aliphatic heterocycles. The van der Waals surface area contributed by atoms with Crippen LogP contribution in [0.3, 0.4) is 0 Å². The molecule has 0 atom stereocenters. The molecule has 2 heterocycles. The lowest BCUT2D eigenvalue weighted by Crippen LogP contribution is -2.21. The van der Waals surface area contributed by atoms with Crippen LogP contribution < -0.4 is 5.32 Å². The largest absolute Gasteiger partial charge is 0.319 e. The van der Waals surface area contributed by atoms with E-state index in [-0.39, 0.29) is 11.6 Å². The van der Waals surface area contributed by atoms with Gasteiger partial charge in [-0.15, -0.1) is 5.10 Å². The Labute approximate surface area is 156 Å². The molecule has 28 heavy (non-hydrogen) atoms. The number of amides is 1. The molecule has 10 nitrogen and oxygen atoms in total. The third-order valence-electron chi connectivity index (χ3n) is 3.86. The van der Waals surface area contributed by atoms with E-state index in [4.69, 9.17) is 0 Å². The summed E-state index contributed by atoms with van der Waals surface area (Å²) in [6.07, 6.45) is -1.69. The van der Waals surface area contributed by atoms with E-state index < -0.39 is 35.2 Å². The minimum atomic E-state index is -3.13. The van der Waals surface area contributed by atoms with Crippen LogP contribution in [0.5, 0.6) is 0 Å². The van der Waals surface area contributed by atoms with Gasteiger partial charge in [0.1, 0.15) is 18.6 Å². The van der Waals surface area contributed by atoms with Crippen LogP contribution in [0.1, 0.15) is 23.4 Å². The van der Waals surface area contributed by atoms with Gasteiger partial charge in [-0.1, -0.05) is 30.3 Å². The standard InChI is InChI=1S/C16H15F2N7O3/c1-10-14(25(27)28)13(15(17)18)21-24(10)8-12(26)20-16-19-9-23(22-16)7-11-5-3-2-4-6-11/h2-6,9,15H,7-8H2,1H3,(H,20,22,26). The van der Waals surface area contributed by atoms with Crippen molar-refractivity contribution in [1.29, 1.82) is 0 Å². The van der Waals surface area contributed by atoms with Crippen LogP contribution in [-0.4, -0.2) is 35.4 Å². The summed E-state index contributed by atoms with van der Waals surface area (Å²) in [5.74, 6) is -0.631. The molecule has 146 valence electrons. The fraction of sp³-hybridized carbons (Fsp3) is 0.250. The van der Waals surface area contributed by atoms with Gasteiger partial charge in [0, 0.05) is 0 Å². The second kappa shape index (κ2) is 7.90. The van der Waals surface area contributed by atoms with Crippen LogP contribution in [0.4, 0.5) is 20.4 Å². The van der Waals surface area contributed by atoms with Gasteiger partial charge in [-0.3, -0.25) is 24.9 Å². The van der Waals surface area contributed by atoms with Gasteiger partial charge in [0.25, 0.3) is 6.43 Å². The van der Waals surface area contributed by atoms with Crippen LogP contribution in [0.15, 0.2) is 36.7 Å². The molecule has 3 rings (SSSR count). The Morgan fingerprint density at radius 3 is 2.61 bits per heavy atom. The summed E-state index contributed by atoms with van der Waals surface area (Å²) in [6, 6.07) is 9.47. The Hall–Kier alpha value is -3.70. The molecule has 1 aromatic carbocycles. The highest BCUT2D eigenvalue weighted by molar-refractivity contribution is 5.88. The van der Waals surface area contributed by atoms with Gasteiger partial charge in [-0.25, -0.2) is 18.4 Å². The number of hydrogen-bond donors (Lipinski definition) is 1. The molecular formula is C16H15F2N7O3. The first-order chi connectivity index (χ1) is 13.3. The number of carbonyl (C=O) groups excluding carboxylic acids is 1. The topological polar surface area (TPSA) is 121 Å². The van der Waals surface area contributed by atoms with Crippen molar-refractivity contribution in [3.63, 3.8) is 0 Å². The van der Waals surface area contributed by atoms with Gasteiger partial charge >= 0.3 is 5.69 Å². The van der Waals surface area contributed by atoms with Crippen molar-refractivity contribution in [2.45, 2.75) is 26.4 Å². The molecule has 0 unspecified atom stereocenters. The number of aromatic nitrogens is 5. The summed E-state index contributed by atoms with van der Waals surface area (Å²) in [4.78, 5) is 26.1. The Morgan fingerprint density at radius 2 is 2.00 bits per heavy atom. The minimum Gasteiger partial charge on any atom is -0.292 e. The minimum absolute atomic E-state index is 0.0225. The van der Waals surface area contributed by atoms with E-state index >= 15 is 0 Å². The van der Waals surface area contributed by atoms with Gasteiger partial charge in [0.15, 0.2) is 0 Å². The monoisotopic (exact) mass is 391 g/mol. The first kappa shape index (κ1) is 19.1. The first-order valence-electron chi connectivity index (χ1n) is 8.08. The maximum absolute atomic E-state index is 12.9. The van der Waals surface area contributed by atoms with Crippen molar-refractivity contribution >= 4 is 17.5 Å². The molecule has 0 fully saturated rings. The highest BCUT2D eigenvalue weighted by atomic mass is 19.3. The van der Waals surface area contributed by atoms with Crippen molar-refractivity contribution in [3.05, 3.63) is 63.7 Å². The molecule has 1 amide bonds. The van der Waals surface area contributed by atoms with E-state index in [0.717, 1.165) is 10.2 Å². The van der Waals surface area contributed by atoms with Crippen LogP contribution in [-0.2, 0) is 17.9 Å². The average Bonchev–Trinajstić information content (AvgIpc) is 3.20. The molecule has 2 aromatic heterocycles. The maximum Gasteiger partial charge on any atom is 0.319 e. The lowest BCUT2D eigenvalue weighted by molar-refractivity contribution is -0.386. The summed E-state index contributed by atoms with van der Waals surface area (Å²) in [6.45, 7) is 1.20. The second-order valence-electron chi connectivity index (χ2n) is 5.83. The summed E-state index contributed by atoms with van der Waals surface area (Å²) in [5, 5.41) is 21.0. The summed E-state index contributed by atoms with van der Waals surface area (Å²) in [5.41, 5.74) is -0.920. The number of nitro groups is 1. The summed E-state index contributed by atoms with van der Waals surface area (Å²) in [7, 11) is 0. The molecule has 0 aliphatic carbocycles. The Bertz CT molecular complexity index is 1000. The van der Waals surface area contributed by atoms with Crippen molar-refractivity contribution in [3.8, 4) is 0 Å². The van der Waals surface area contributed by atoms with E-state index in [9.17, 15) is 23.7 Å². The molecule has 0 saturated heterocycles. The highest BCUT2D eigenvalue weighted by Crippen LogP contribution is 2.30. The number of alkyl halides is 2. The van der Waals surface area contributed by atoms with Crippen LogP contribution in [0.2, 0.25) is 0 Å². The molecule has 0 spiro atoms. The zero-order chi connectivity index (χ0) is 20.3. The van der Waals surface area contributed by atoms with E-state index in [2.05, 4.69) is 20.5 Å². The number of rotatable bonds is 7. The SMILES string of the molecule is Cc1c([N+](=O)[O-])c(C(F)F)nn1CC(=O)Nc1ncn(Cc2ccccc2)n1. The molecule has 12 heteroatoms. The molecular weight excluding hydrogens is 376 g/mol. The van der Waals surface area contributed by atoms with E-state index in [0.29, 0.717) is 6.54 Å². The Kier molecular flexibility index (Phi) is 5.38. The van der Waals surface area contributed by atoms with Crippen molar-refractivity contribution in [2.24, 2.45) is 0 Å². The lowest BCUT2D eigenvalue weighted by atomic mass is 10.2. The molecule has 0 saturated carbocycles. The molecule has 0 bridgehead atoms. The number of nitrogens with one attached hydrogen (secondary N) is 1. The third kappa shape index (κ3) is 4.16. The average molecular weight is 391 g/mol. The third-order valence-corrected chi connectivity index (χ3v) is 3.86. The smallest absolute Gasteiger partial charge is 0.292 e. The summed E-state index contributed by atoms with van der Waals surface area (Å²) >= 11 is 0. The van der Waals surface area contributed by atoms with Gasteiger partial charge in [0.2, 0.25) is 17.5 Å². The quantitative estimate of drug-likeness (QED) is 0.487. The van der Waals surface area contributed by atoms with Gasteiger partial charge in [-0.05, 0) is 12.5 Å². The predicted octanol–water partition coefficient (Wildman–Crippen LogP) is 2.32. The number of anilines is 1. The van der Waals surface area contributed by atoms with Crippen LogP contribution in [0.25, 0.3) is 0 Å². The predicted molar refractivity (Wildman–Crippen MR) is 92.8 cm³/mol.